The molecule has 0 bridgehead atoms. The topological polar surface area (TPSA) is 46.2 Å². The van der Waals surface area contributed by atoms with Crippen LogP contribution >= 0.6 is 0 Å². The summed E-state index contributed by atoms with van der Waals surface area (Å²) >= 11 is 0. The monoisotopic (exact) mass is 333 g/mol. The molecule has 2 amide bonds. The number of nitrogens with one attached hydrogen (secondary N) is 1. The van der Waals surface area contributed by atoms with E-state index < -0.39 is 11.8 Å². The normalized spacial score (nSPS) is 10.2. The van der Waals surface area contributed by atoms with Crippen LogP contribution in [0.5, 0.6) is 0 Å². The SMILES string of the molecule is C=C(C)Cc1ccc(C(=O)NC(=O)c2ccccc2)c(CC(=C)C)c1. The molecule has 2 aromatic rings. The van der Waals surface area contributed by atoms with Gasteiger partial charge < -0.3 is 0 Å². The fraction of sp³-hybridized carbons (Fsp3) is 0.182. The van der Waals surface area contributed by atoms with Gasteiger partial charge in [-0.2, -0.15) is 0 Å². The van der Waals surface area contributed by atoms with Gasteiger partial charge in [0.1, 0.15) is 0 Å². The zero-order valence-corrected chi connectivity index (χ0v) is 14.8. The lowest BCUT2D eigenvalue weighted by Crippen LogP contribution is -2.31. The van der Waals surface area contributed by atoms with Crippen molar-refractivity contribution in [2.45, 2.75) is 26.7 Å². The Balaban J connectivity index is 2.26. The first-order valence-corrected chi connectivity index (χ1v) is 8.18. The van der Waals surface area contributed by atoms with Crippen molar-refractivity contribution >= 4 is 11.8 Å². The molecule has 0 unspecified atom stereocenters. The van der Waals surface area contributed by atoms with Crippen molar-refractivity contribution in [2.75, 3.05) is 0 Å². The summed E-state index contributed by atoms with van der Waals surface area (Å²) in [7, 11) is 0. The third kappa shape index (κ3) is 5.28. The second kappa shape index (κ2) is 8.25. The molecule has 0 saturated heterocycles. The van der Waals surface area contributed by atoms with Gasteiger partial charge >= 0.3 is 0 Å². The van der Waals surface area contributed by atoms with Crippen molar-refractivity contribution < 1.29 is 9.59 Å². The summed E-state index contributed by atoms with van der Waals surface area (Å²) in [6, 6.07) is 14.4. The van der Waals surface area contributed by atoms with Crippen molar-refractivity contribution in [3.63, 3.8) is 0 Å². The van der Waals surface area contributed by atoms with Gasteiger partial charge in [0.2, 0.25) is 0 Å². The van der Waals surface area contributed by atoms with Crippen LogP contribution in [0.2, 0.25) is 0 Å². The molecule has 0 spiro atoms. The quantitative estimate of drug-likeness (QED) is 0.625. The molecule has 0 aliphatic rings. The highest BCUT2D eigenvalue weighted by atomic mass is 16.2. The van der Waals surface area contributed by atoms with Crippen LogP contribution in [0.15, 0.2) is 72.8 Å². The van der Waals surface area contributed by atoms with E-state index in [0.717, 1.165) is 28.7 Å². The highest BCUT2D eigenvalue weighted by Crippen LogP contribution is 2.18. The fourth-order valence-corrected chi connectivity index (χ4v) is 2.63. The van der Waals surface area contributed by atoms with Gasteiger partial charge in [-0.15, -0.1) is 0 Å². The van der Waals surface area contributed by atoms with Crippen molar-refractivity contribution in [3.8, 4) is 0 Å². The maximum atomic E-state index is 12.6. The number of hydrogen-bond donors (Lipinski definition) is 1. The minimum absolute atomic E-state index is 0.396. The van der Waals surface area contributed by atoms with E-state index in [1.54, 1.807) is 30.3 Å². The van der Waals surface area contributed by atoms with Gasteiger partial charge in [-0.05, 0) is 56.0 Å². The molecule has 2 aromatic carbocycles. The van der Waals surface area contributed by atoms with Crippen molar-refractivity contribution in [1.29, 1.82) is 0 Å². The molecule has 0 radical (unpaired) electrons. The van der Waals surface area contributed by atoms with Gasteiger partial charge in [-0.1, -0.05) is 54.6 Å². The maximum Gasteiger partial charge on any atom is 0.258 e. The zero-order valence-electron chi connectivity index (χ0n) is 14.8. The molecule has 0 heterocycles. The summed E-state index contributed by atoms with van der Waals surface area (Å²) in [4.78, 5) is 24.8. The molecule has 0 aliphatic heterocycles. The van der Waals surface area contributed by atoms with Gasteiger partial charge in [-0.25, -0.2) is 0 Å². The smallest absolute Gasteiger partial charge is 0.258 e. The summed E-state index contributed by atoms with van der Waals surface area (Å²) in [6.45, 7) is 11.8. The molecule has 0 saturated carbocycles. The molecule has 2 rings (SSSR count). The second-order valence-corrected chi connectivity index (χ2v) is 6.41. The van der Waals surface area contributed by atoms with Gasteiger partial charge in [0.15, 0.2) is 0 Å². The number of carbonyl (C=O) groups is 2. The van der Waals surface area contributed by atoms with E-state index >= 15 is 0 Å². The minimum atomic E-state index is -0.405. The average Bonchev–Trinajstić information content (AvgIpc) is 2.54. The van der Waals surface area contributed by atoms with E-state index in [2.05, 4.69) is 18.5 Å². The van der Waals surface area contributed by atoms with Crippen molar-refractivity contribution in [2.24, 2.45) is 0 Å². The van der Waals surface area contributed by atoms with E-state index in [9.17, 15) is 9.59 Å². The predicted octanol–water partition coefficient (Wildman–Crippen LogP) is 4.49. The largest absolute Gasteiger partial charge is 0.288 e. The number of hydrogen-bond acceptors (Lipinski definition) is 2. The molecular formula is C22H23NO2. The number of rotatable bonds is 6. The number of benzene rings is 2. The molecule has 128 valence electrons. The van der Waals surface area contributed by atoms with Crippen LogP contribution in [0.25, 0.3) is 0 Å². The van der Waals surface area contributed by atoms with Crippen molar-refractivity contribution in [3.05, 3.63) is 95.1 Å². The first-order valence-electron chi connectivity index (χ1n) is 8.18. The number of carbonyl (C=O) groups excluding carboxylic acids is 2. The Kier molecular flexibility index (Phi) is 6.07. The van der Waals surface area contributed by atoms with Crippen LogP contribution in [0.3, 0.4) is 0 Å². The third-order valence-corrected chi connectivity index (χ3v) is 3.68. The van der Waals surface area contributed by atoms with Crippen molar-refractivity contribution in [1.82, 2.24) is 5.32 Å². The summed E-state index contributed by atoms with van der Waals surface area (Å²) < 4.78 is 0. The Morgan fingerprint density at radius 3 is 2.12 bits per heavy atom. The first kappa shape index (κ1) is 18.4. The number of allylic oxidation sites excluding steroid dienone is 2. The molecule has 0 aliphatic carbocycles. The van der Waals surface area contributed by atoms with Crippen LogP contribution in [0, 0.1) is 0 Å². The molecular weight excluding hydrogens is 310 g/mol. The molecule has 1 N–H and O–H groups in total. The molecule has 3 heteroatoms. The Morgan fingerprint density at radius 1 is 0.880 bits per heavy atom. The molecule has 0 atom stereocenters. The maximum absolute atomic E-state index is 12.6. The molecule has 0 aromatic heterocycles. The zero-order chi connectivity index (χ0) is 18.4. The van der Waals surface area contributed by atoms with Crippen LogP contribution in [0.4, 0.5) is 0 Å². The van der Waals surface area contributed by atoms with Gasteiger partial charge in [0.05, 0.1) is 0 Å². The lowest BCUT2D eigenvalue weighted by molar-refractivity contribution is 0.0849. The van der Waals surface area contributed by atoms with Crippen LogP contribution in [-0.2, 0) is 12.8 Å². The summed E-state index contributed by atoms with van der Waals surface area (Å²) in [5, 5.41) is 2.46. The van der Waals surface area contributed by atoms with E-state index in [1.807, 2.05) is 32.0 Å². The van der Waals surface area contributed by atoms with E-state index in [4.69, 9.17) is 0 Å². The fourth-order valence-electron chi connectivity index (χ4n) is 2.63. The lowest BCUT2D eigenvalue weighted by Gasteiger charge is -2.12. The highest BCUT2D eigenvalue weighted by Gasteiger charge is 2.16. The summed E-state index contributed by atoms with van der Waals surface area (Å²) in [6.07, 6.45) is 1.35. The summed E-state index contributed by atoms with van der Waals surface area (Å²) in [5.41, 5.74) is 4.92. The van der Waals surface area contributed by atoms with Gasteiger partial charge in [0, 0.05) is 11.1 Å². The molecule has 25 heavy (non-hydrogen) atoms. The van der Waals surface area contributed by atoms with E-state index in [-0.39, 0.29) is 0 Å². The lowest BCUT2D eigenvalue weighted by atomic mass is 9.95. The first-order chi connectivity index (χ1) is 11.9. The Morgan fingerprint density at radius 2 is 1.52 bits per heavy atom. The highest BCUT2D eigenvalue weighted by molar-refractivity contribution is 6.10. The van der Waals surface area contributed by atoms with Gasteiger partial charge in [-0.3, -0.25) is 14.9 Å². The minimum Gasteiger partial charge on any atom is -0.288 e. The summed E-state index contributed by atoms with van der Waals surface area (Å²) in [5.74, 6) is -0.801. The Labute approximate surface area is 149 Å². The third-order valence-electron chi connectivity index (χ3n) is 3.68. The van der Waals surface area contributed by atoms with Crippen LogP contribution < -0.4 is 5.32 Å². The number of imide groups is 1. The Bertz CT molecular complexity index is 819. The Hall–Kier alpha value is -2.94. The number of amides is 2. The average molecular weight is 333 g/mol. The molecule has 3 nitrogen and oxygen atoms in total. The van der Waals surface area contributed by atoms with Crippen LogP contribution in [0.1, 0.15) is 45.7 Å². The van der Waals surface area contributed by atoms with E-state index in [0.29, 0.717) is 17.5 Å². The van der Waals surface area contributed by atoms with E-state index in [1.165, 1.54) is 0 Å². The standard InChI is InChI=1S/C22H23NO2/c1-15(2)12-17-10-11-20(19(14-17)13-16(3)4)22(25)23-21(24)18-8-6-5-7-9-18/h5-11,14H,1,3,12-13H2,2,4H3,(H,23,24,25). The predicted molar refractivity (Wildman–Crippen MR) is 102 cm³/mol. The van der Waals surface area contributed by atoms with Crippen LogP contribution in [-0.4, -0.2) is 11.8 Å². The second-order valence-electron chi connectivity index (χ2n) is 6.41. The van der Waals surface area contributed by atoms with Gasteiger partial charge in [0.25, 0.3) is 11.8 Å². The molecule has 0 fully saturated rings.